The van der Waals surface area contributed by atoms with E-state index in [1.165, 1.54) is 16.9 Å². The Labute approximate surface area is 97.8 Å². The second kappa shape index (κ2) is 3.79. The van der Waals surface area contributed by atoms with E-state index >= 15 is 0 Å². The molecule has 1 aliphatic rings. The first-order valence-corrected chi connectivity index (χ1v) is 6.17. The largest absolute Gasteiger partial charge is 0.493 e. The lowest BCUT2D eigenvalue weighted by Crippen LogP contribution is -2.03. The third-order valence-corrected chi connectivity index (χ3v) is 3.58. The zero-order valence-corrected chi connectivity index (χ0v) is 9.45. The molecule has 1 heterocycles. The highest BCUT2D eigenvalue weighted by Crippen LogP contribution is 2.43. The molecule has 0 radical (unpaired) electrons. The van der Waals surface area contributed by atoms with Crippen molar-refractivity contribution in [2.75, 3.05) is 5.32 Å². The number of thiazole rings is 1. The molecule has 1 aliphatic carbocycles. The Morgan fingerprint density at radius 2 is 2.12 bits per heavy atom. The third kappa shape index (κ3) is 1.88. The van der Waals surface area contributed by atoms with Crippen LogP contribution in [0.5, 0.6) is 5.88 Å². The molecule has 0 unspecified atom stereocenters. The van der Waals surface area contributed by atoms with Gasteiger partial charge >= 0.3 is 0 Å². The molecule has 3 nitrogen and oxygen atoms in total. The number of hydrogen-bond donors (Lipinski definition) is 2. The SMILES string of the molecule is Oc1csc(N[C@H]2C[C@@H]2c2ccccc2)n1. The Kier molecular flexibility index (Phi) is 2.29. The van der Waals surface area contributed by atoms with Crippen LogP contribution in [0.2, 0.25) is 0 Å². The summed E-state index contributed by atoms with van der Waals surface area (Å²) in [4.78, 5) is 3.98. The van der Waals surface area contributed by atoms with Gasteiger partial charge in [-0.1, -0.05) is 30.3 Å². The molecule has 0 amide bonds. The average molecular weight is 232 g/mol. The number of nitrogens with one attached hydrogen (secondary N) is 1. The van der Waals surface area contributed by atoms with Crippen molar-refractivity contribution >= 4 is 16.5 Å². The van der Waals surface area contributed by atoms with Crippen molar-refractivity contribution in [2.45, 2.75) is 18.4 Å². The van der Waals surface area contributed by atoms with E-state index in [-0.39, 0.29) is 5.88 Å². The van der Waals surface area contributed by atoms with Crippen molar-refractivity contribution in [3.05, 3.63) is 41.3 Å². The van der Waals surface area contributed by atoms with Gasteiger partial charge in [0.2, 0.25) is 5.88 Å². The number of hydrogen-bond acceptors (Lipinski definition) is 4. The Morgan fingerprint density at radius 3 is 2.81 bits per heavy atom. The van der Waals surface area contributed by atoms with Gasteiger partial charge in [0.05, 0.1) is 5.38 Å². The van der Waals surface area contributed by atoms with Gasteiger partial charge in [0, 0.05) is 12.0 Å². The van der Waals surface area contributed by atoms with Crippen molar-refractivity contribution in [1.82, 2.24) is 4.98 Å². The molecule has 0 spiro atoms. The highest BCUT2D eigenvalue weighted by molar-refractivity contribution is 7.13. The van der Waals surface area contributed by atoms with E-state index in [1.54, 1.807) is 5.38 Å². The summed E-state index contributed by atoms with van der Waals surface area (Å²) in [6, 6.07) is 11.0. The smallest absolute Gasteiger partial charge is 0.223 e. The van der Waals surface area contributed by atoms with Crippen LogP contribution < -0.4 is 5.32 Å². The van der Waals surface area contributed by atoms with Crippen LogP contribution in [0.25, 0.3) is 0 Å². The van der Waals surface area contributed by atoms with Crippen LogP contribution in [-0.2, 0) is 0 Å². The van der Waals surface area contributed by atoms with Gasteiger partial charge in [-0.05, 0) is 12.0 Å². The van der Waals surface area contributed by atoms with Crippen LogP contribution in [0.15, 0.2) is 35.7 Å². The summed E-state index contributed by atoms with van der Waals surface area (Å²) in [5, 5.41) is 14.9. The maximum atomic E-state index is 9.13. The number of benzene rings is 1. The van der Waals surface area contributed by atoms with Crippen molar-refractivity contribution in [1.29, 1.82) is 0 Å². The molecule has 82 valence electrons. The number of nitrogens with zero attached hydrogens (tertiary/aromatic N) is 1. The van der Waals surface area contributed by atoms with Gasteiger partial charge < -0.3 is 10.4 Å². The molecule has 1 aromatic carbocycles. The highest BCUT2D eigenvalue weighted by Gasteiger charge is 2.38. The molecule has 2 aromatic rings. The van der Waals surface area contributed by atoms with E-state index in [0.29, 0.717) is 12.0 Å². The molecule has 0 bridgehead atoms. The fourth-order valence-corrected chi connectivity index (χ4v) is 2.55. The maximum absolute atomic E-state index is 9.13. The summed E-state index contributed by atoms with van der Waals surface area (Å²) in [5.41, 5.74) is 1.38. The van der Waals surface area contributed by atoms with Crippen LogP contribution in [0.3, 0.4) is 0 Å². The molecule has 3 rings (SSSR count). The summed E-state index contributed by atoms with van der Waals surface area (Å²) < 4.78 is 0. The lowest BCUT2D eigenvalue weighted by molar-refractivity contribution is 0.458. The Bertz CT molecular complexity index is 483. The van der Waals surface area contributed by atoms with Gasteiger partial charge in [0.15, 0.2) is 5.13 Å². The minimum Gasteiger partial charge on any atom is -0.493 e. The minimum atomic E-state index is 0.101. The van der Waals surface area contributed by atoms with E-state index in [0.717, 1.165) is 11.6 Å². The first-order valence-electron chi connectivity index (χ1n) is 5.29. The molecule has 4 heteroatoms. The summed E-state index contributed by atoms with van der Waals surface area (Å²) in [5.74, 6) is 0.691. The molecule has 2 atom stereocenters. The number of aromatic nitrogens is 1. The highest BCUT2D eigenvalue weighted by atomic mass is 32.1. The van der Waals surface area contributed by atoms with Gasteiger partial charge in [-0.15, -0.1) is 11.3 Å². The van der Waals surface area contributed by atoms with Crippen molar-refractivity contribution in [2.24, 2.45) is 0 Å². The van der Waals surface area contributed by atoms with E-state index in [2.05, 4.69) is 34.6 Å². The van der Waals surface area contributed by atoms with Crippen molar-refractivity contribution in [3.63, 3.8) is 0 Å². The van der Waals surface area contributed by atoms with Gasteiger partial charge in [-0.2, -0.15) is 4.98 Å². The summed E-state index contributed by atoms with van der Waals surface area (Å²) in [6.45, 7) is 0. The molecule has 2 N–H and O–H groups in total. The summed E-state index contributed by atoms with van der Waals surface area (Å²) in [6.07, 6.45) is 1.14. The predicted octanol–water partition coefficient (Wildman–Crippen LogP) is 2.82. The van der Waals surface area contributed by atoms with Gasteiger partial charge in [-0.3, -0.25) is 0 Å². The zero-order valence-electron chi connectivity index (χ0n) is 8.63. The Morgan fingerprint density at radius 1 is 1.31 bits per heavy atom. The minimum absolute atomic E-state index is 0.101. The Hall–Kier alpha value is -1.55. The van der Waals surface area contributed by atoms with Gasteiger partial charge in [0.25, 0.3) is 0 Å². The number of rotatable bonds is 3. The second-order valence-corrected chi connectivity index (χ2v) is 4.87. The third-order valence-electron chi connectivity index (χ3n) is 2.82. The van der Waals surface area contributed by atoms with E-state index in [1.807, 2.05) is 6.07 Å². The van der Waals surface area contributed by atoms with Crippen LogP contribution in [-0.4, -0.2) is 16.1 Å². The molecular formula is C12H12N2OS. The van der Waals surface area contributed by atoms with Crippen molar-refractivity contribution in [3.8, 4) is 5.88 Å². The monoisotopic (exact) mass is 232 g/mol. The van der Waals surface area contributed by atoms with Crippen LogP contribution in [0.4, 0.5) is 5.13 Å². The first kappa shape index (κ1) is 9.66. The molecule has 1 saturated carbocycles. The predicted molar refractivity (Wildman–Crippen MR) is 65.0 cm³/mol. The van der Waals surface area contributed by atoms with Gasteiger partial charge in [0.1, 0.15) is 0 Å². The molecular weight excluding hydrogens is 220 g/mol. The topological polar surface area (TPSA) is 45.1 Å². The molecule has 0 aliphatic heterocycles. The van der Waals surface area contributed by atoms with E-state index < -0.39 is 0 Å². The quantitative estimate of drug-likeness (QED) is 0.855. The zero-order chi connectivity index (χ0) is 11.0. The normalized spacial score (nSPS) is 23.0. The van der Waals surface area contributed by atoms with Crippen LogP contribution in [0.1, 0.15) is 17.9 Å². The molecule has 1 fully saturated rings. The molecule has 16 heavy (non-hydrogen) atoms. The molecule has 1 aromatic heterocycles. The Balaban J connectivity index is 1.65. The van der Waals surface area contributed by atoms with Crippen molar-refractivity contribution < 1.29 is 5.11 Å². The lowest BCUT2D eigenvalue weighted by Gasteiger charge is -2.01. The van der Waals surface area contributed by atoms with E-state index in [4.69, 9.17) is 5.11 Å². The lowest BCUT2D eigenvalue weighted by atomic mass is 10.1. The number of aromatic hydroxyl groups is 1. The van der Waals surface area contributed by atoms with Crippen LogP contribution >= 0.6 is 11.3 Å². The maximum Gasteiger partial charge on any atom is 0.223 e. The fraction of sp³-hybridized carbons (Fsp3) is 0.250. The fourth-order valence-electron chi connectivity index (χ4n) is 1.91. The average Bonchev–Trinajstić information content (AvgIpc) is 2.95. The number of anilines is 1. The summed E-state index contributed by atoms with van der Waals surface area (Å²) in [7, 11) is 0. The van der Waals surface area contributed by atoms with Crippen LogP contribution in [0, 0.1) is 0 Å². The summed E-state index contributed by atoms with van der Waals surface area (Å²) >= 11 is 1.44. The molecule has 0 saturated heterocycles. The first-order chi connectivity index (χ1) is 7.83. The standard InChI is InChI=1S/C12H12N2OS/c15-11-7-16-12(14-11)13-10-6-9(10)8-4-2-1-3-5-8/h1-5,7,9-10,15H,6H2,(H,13,14)/t9-,10+/m1/s1. The van der Waals surface area contributed by atoms with E-state index in [9.17, 15) is 0 Å². The second-order valence-electron chi connectivity index (χ2n) is 4.01. The van der Waals surface area contributed by atoms with Gasteiger partial charge in [-0.25, -0.2) is 0 Å².